The molecule has 6 heteroatoms. The maximum atomic E-state index is 12.7. The van der Waals surface area contributed by atoms with E-state index in [4.69, 9.17) is 16.0 Å². The summed E-state index contributed by atoms with van der Waals surface area (Å²) in [7, 11) is 0. The Balaban J connectivity index is 1.74. The number of anilines is 1. The molecule has 0 saturated heterocycles. The molecule has 2 aromatic carbocycles. The zero-order chi connectivity index (χ0) is 17.9. The Hall–Kier alpha value is -3.31. The monoisotopic (exact) mass is 363 g/mol. The minimum atomic E-state index is -0.347. The normalized spacial score (nSPS) is 10.7. The number of hydrogen-bond acceptors (Lipinski definition) is 3. The number of nitrogens with one attached hydrogen (secondary N) is 1. The maximum Gasteiger partial charge on any atom is 0.276 e. The molecule has 4 aromatic rings. The van der Waals surface area contributed by atoms with Crippen LogP contribution < -0.4 is 5.32 Å². The molecule has 0 fully saturated rings. The first kappa shape index (κ1) is 16.2. The third-order valence-electron chi connectivity index (χ3n) is 3.84. The summed E-state index contributed by atoms with van der Waals surface area (Å²) in [6, 6.07) is 21.9. The molecule has 0 aliphatic heterocycles. The summed E-state index contributed by atoms with van der Waals surface area (Å²) < 4.78 is 7.18. The Morgan fingerprint density at radius 1 is 1.00 bits per heavy atom. The number of rotatable bonds is 4. The predicted molar refractivity (Wildman–Crippen MR) is 101 cm³/mol. The van der Waals surface area contributed by atoms with Crippen molar-refractivity contribution in [2.45, 2.75) is 0 Å². The first-order chi connectivity index (χ1) is 12.7. The standard InChI is InChI=1S/C20H14ClN3O2/c21-15-9-4-5-10-16(15)22-20(25)17-13-18(19-11-6-12-26-19)24(23-17)14-7-2-1-3-8-14/h1-13H,(H,22,25). The molecule has 0 atom stereocenters. The summed E-state index contributed by atoms with van der Waals surface area (Å²) in [5.74, 6) is 0.277. The highest BCUT2D eigenvalue weighted by molar-refractivity contribution is 6.33. The summed E-state index contributed by atoms with van der Waals surface area (Å²) in [4.78, 5) is 12.7. The molecule has 2 aromatic heterocycles. The van der Waals surface area contributed by atoms with Gasteiger partial charge in [-0.3, -0.25) is 4.79 Å². The number of nitrogens with zero attached hydrogens (tertiary/aromatic N) is 2. The number of benzene rings is 2. The van der Waals surface area contributed by atoms with Gasteiger partial charge in [0.15, 0.2) is 11.5 Å². The van der Waals surface area contributed by atoms with Gasteiger partial charge in [0.05, 0.1) is 22.7 Å². The molecule has 1 amide bonds. The number of aromatic nitrogens is 2. The van der Waals surface area contributed by atoms with E-state index in [1.165, 1.54) is 0 Å². The van der Waals surface area contributed by atoms with Crippen molar-refractivity contribution in [2.24, 2.45) is 0 Å². The van der Waals surface area contributed by atoms with Crippen LogP contribution in [0.2, 0.25) is 5.02 Å². The van der Waals surface area contributed by atoms with Crippen molar-refractivity contribution in [3.63, 3.8) is 0 Å². The van der Waals surface area contributed by atoms with Gasteiger partial charge in [0.25, 0.3) is 5.91 Å². The second-order valence-corrected chi connectivity index (χ2v) is 5.98. The molecule has 5 nitrogen and oxygen atoms in total. The van der Waals surface area contributed by atoms with Gasteiger partial charge in [0, 0.05) is 6.07 Å². The summed E-state index contributed by atoms with van der Waals surface area (Å²) >= 11 is 6.11. The van der Waals surface area contributed by atoms with Crippen LogP contribution in [0.5, 0.6) is 0 Å². The molecule has 0 spiro atoms. The van der Waals surface area contributed by atoms with Gasteiger partial charge >= 0.3 is 0 Å². The molecule has 0 saturated carbocycles. The molecule has 26 heavy (non-hydrogen) atoms. The fraction of sp³-hybridized carbons (Fsp3) is 0. The molecular formula is C20H14ClN3O2. The summed E-state index contributed by atoms with van der Waals surface area (Å²) in [5.41, 5.74) is 2.31. The van der Waals surface area contributed by atoms with Crippen LogP contribution in [0.15, 0.2) is 83.5 Å². The van der Waals surface area contributed by atoms with Crippen LogP contribution in [0.3, 0.4) is 0 Å². The van der Waals surface area contributed by atoms with E-state index >= 15 is 0 Å². The fourth-order valence-corrected chi connectivity index (χ4v) is 2.79. The smallest absolute Gasteiger partial charge is 0.276 e. The molecule has 0 unspecified atom stereocenters. The maximum absolute atomic E-state index is 12.7. The van der Waals surface area contributed by atoms with Gasteiger partial charge in [-0.15, -0.1) is 0 Å². The van der Waals surface area contributed by atoms with Crippen molar-refractivity contribution in [3.8, 4) is 17.1 Å². The quantitative estimate of drug-likeness (QED) is 0.552. The summed E-state index contributed by atoms with van der Waals surface area (Å²) in [6.07, 6.45) is 1.58. The van der Waals surface area contributed by atoms with Crippen LogP contribution in [-0.2, 0) is 0 Å². The average Bonchev–Trinajstić information content (AvgIpc) is 3.34. The van der Waals surface area contributed by atoms with Crippen molar-refractivity contribution in [1.29, 1.82) is 0 Å². The first-order valence-electron chi connectivity index (χ1n) is 7.97. The van der Waals surface area contributed by atoms with E-state index in [0.717, 1.165) is 5.69 Å². The van der Waals surface area contributed by atoms with Gasteiger partial charge in [-0.1, -0.05) is 41.9 Å². The van der Waals surface area contributed by atoms with Crippen molar-refractivity contribution in [1.82, 2.24) is 9.78 Å². The zero-order valence-corrected chi connectivity index (χ0v) is 14.4. The average molecular weight is 364 g/mol. The van der Waals surface area contributed by atoms with Crippen molar-refractivity contribution in [2.75, 3.05) is 5.32 Å². The van der Waals surface area contributed by atoms with Gasteiger partial charge in [-0.2, -0.15) is 5.10 Å². The Bertz CT molecular complexity index is 1040. The van der Waals surface area contributed by atoms with Crippen LogP contribution >= 0.6 is 11.6 Å². The first-order valence-corrected chi connectivity index (χ1v) is 8.35. The Kier molecular flexibility index (Phi) is 4.29. The predicted octanol–water partition coefficient (Wildman–Crippen LogP) is 5.04. The van der Waals surface area contributed by atoms with Crippen LogP contribution in [0.4, 0.5) is 5.69 Å². The molecule has 0 aliphatic rings. The van der Waals surface area contributed by atoms with Crippen molar-refractivity contribution < 1.29 is 9.21 Å². The molecule has 2 heterocycles. The third-order valence-corrected chi connectivity index (χ3v) is 4.17. The SMILES string of the molecule is O=C(Nc1ccccc1Cl)c1cc(-c2ccco2)n(-c2ccccc2)n1. The Morgan fingerprint density at radius 3 is 2.50 bits per heavy atom. The van der Waals surface area contributed by atoms with E-state index < -0.39 is 0 Å². The highest BCUT2D eigenvalue weighted by Gasteiger charge is 2.18. The number of hydrogen-bond donors (Lipinski definition) is 1. The Labute approximate surface area is 154 Å². The van der Waals surface area contributed by atoms with Crippen LogP contribution in [0.25, 0.3) is 17.1 Å². The van der Waals surface area contributed by atoms with Crippen LogP contribution in [0, 0.1) is 0 Å². The highest BCUT2D eigenvalue weighted by Crippen LogP contribution is 2.26. The van der Waals surface area contributed by atoms with E-state index in [9.17, 15) is 4.79 Å². The number of halogens is 1. The zero-order valence-electron chi connectivity index (χ0n) is 13.6. The largest absolute Gasteiger partial charge is 0.463 e. The van der Waals surface area contributed by atoms with E-state index in [1.807, 2.05) is 36.4 Å². The summed E-state index contributed by atoms with van der Waals surface area (Å²) in [5, 5.41) is 7.72. The van der Waals surface area contributed by atoms with Crippen LogP contribution in [-0.4, -0.2) is 15.7 Å². The van der Waals surface area contributed by atoms with Gasteiger partial charge in [0.1, 0.15) is 5.69 Å². The van der Waals surface area contributed by atoms with E-state index in [2.05, 4.69) is 10.4 Å². The third kappa shape index (κ3) is 3.12. The number of para-hydroxylation sites is 2. The second kappa shape index (κ2) is 6.90. The van der Waals surface area contributed by atoms with Gasteiger partial charge < -0.3 is 9.73 Å². The topological polar surface area (TPSA) is 60.1 Å². The number of furan rings is 1. The Morgan fingerprint density at radius 2 is 1.77 bits per heavy atom. The van der Waals surface area contributed by atoms with Gasteiger partial charge in [-0.05, 0) is 36.4 Å². The lowest BCUT2D eigenvalue weighted by atomic mass is 10.2. The highest BCUT2D eigenvalue weighted by atomic mass is 35.5. The van der Waals surface area contributed by atoms with Crippen LogP contribution in [0.1, 0.15) is 10.5 Å². The lowest BCUT2D eigenvalue weighted by Crippen LogP contribution is -2.13. The van der Waals surface area contributed by atoms with Crippen molar-refractivity contribution in [3.05, 3.63) is 89.8 Å². The van der Waals surface area contributed by atoms with E-state index in [0.29, 0.717) is 22.2 Å². The number of carbonyl (C=O) groups is 1. The van der Waals surface area contributed by atoms with E-state index in [1.54, 1.807) is 47.3 Å². The van der Waals surface area contributed by atoms with E-state index in [-0.39, 0.29) is 11.6 Å². The summed E-state index contributed by atoms with van der Waals surface area (Å²) in [6.45, 7) is 0. The number of carbonyl (C=O) groups excluding carboxylic acids is 1. The molecule has 128 valence electrons. The molecule has 4 rings (SSSR count). The second-order valence-electron chi connectivity index (χ2n) is 5.57. The van der Waals surface area contributed by atoms with Gasteiger partial charge in [-0.25, -0.2) is 4.68 Å². The lowest BCUT2D eigenvalue weighted by molar-refractivity contribution is 0.102. The lowest BCUT2D eigenvalue weighted by Gasteiger charge is -2.05. The molecular weight excluding hydrogens is 350 g/mol. The fourth-order valence-electron chi connectivity index (χ4n) is 2.61. The molecule has 0 bridgehead atoms. The minimum Gasteiger partial charge on any atom is -0.463 e. The molecule has 0 radical (unpaired) electrons. The molecule has 1 N–H and O–H groups in total. The number of amides is 1. The minimum absolute atomic E-state index is 0.264. The van der Waals surface area contributed by atoms with Gasteiger partial charge in [0.2, 0.25) is 0 Å². The van der Waals surface area contributed by atoms with Crippen molar-refractivity contribution >= 4 is 23.2 Å². The molecule has 0 aliphatic carbocycles.